The van der Waals surface area contributed by atoms with Gasteiger partial charge in [-0.2, -0.15) is 0 Å². The van der Waals surface area contributed by atoms with Crippen LogP contribution >= 0.6 is 0 Å². The summed E-state index contributed by atoms with van der Waals surface area (Å²) in [6, 6.07) is 5.90. The Morgan fingerprint density at radius 2 is 2.17 bits per heavy atom. The standard InChI is InChI=1S/C14H12FNO2/c1-2-18-12-6-11(7-16-8-12)13-5-10(9-17)3-4-14(13)15/h3-9H,2H2,1H3. The van der Waals surface area contributed by atoms with Crippen molar-refractivity contribution in [1.29, 1.82) is 0 Å². The van der Waals surface area contributed by atoms with E-state index in [4.69, 9.17) is 4.74 Å². The van der Waals surface area contributed by atoms with Crippen LogP contribution in [0.15, 0.2) is 36.7 Å². The lowest BCUT2D eigenvalue weighted by atomic mass is 10.0. The van der Waals surface area contributed by atoms with Crippen LogP contribution in [0, 0.1) is 5.82 Å². The molecule has 2 rings (SSSR count). The van der Waals surface area contributed by atoms with Gasteiger partial charge in [0.25, 0.3) is 0 Å². The Morgan fingerprint density at radius 3 is 2.89 bits per heavy atom. The Kier molecular flexibility index (Phi) is 3.67. The molecule has 0 spiro atoms. The maximum absolute atomic E-state index is 13.7. The quantitative estimate of drug-likeness (QED) is 0.777. The van der Waals surface area contributed by atoms with Crippen LogP contribution in [-0.4, -0.2) is 17.9 Å². The largest absolute Gasteiger partial charge is 0.492 e. The second-order valence-electron chi connectivity index (χ2n) is 3.70. The summed E-state index contributed by atoms with van der Waals surface area (Å²) < 4.78 is 19.0. The Morgan fingerprint density at radius 1 is 1.33 bits per heavy atom. The molecule has 0 amide bonds. The lowest BCUT2D eigenvalue weighted by Crippen LogP contribution is -1.94. The summed E-state index contributed by atoms with van der Waals surface area (Å²) in [6.07, 6.45) is 3.78. The molecule has 2 aromatic rings. The number of carbonyl (C=O) groups is 1. The second-order valence-corrected chi connectivity index (χ2v) is 3.70. The van der Waals surface area contributed by atoms with E-state index in [0.29, 0.717) is 35.3 Å². The number of hydrogen-bond donors (Lipinski definition) is 0. The molecule has 0 aliphatic rings. The molecule has 0 bridgehead atoms. The first-order valence-electron chi connectivity index (χ1n) is 5.57. The summed E-state index contributed by atoms with van der Waals surface area (Å²) in [5.41, 5.74) is 1.35. The molecule has 1 aromatic heterocycles. The zero-order valence-electron chi connectivity index (χ0n) is 9.89. The highest BCUT2D eigenvalue weighted by Gasteiger charge is 2.07. The van der Waals surface area contributed by atoms with Crippen molar-refractivity contribution in [3.05, 3.63) is 48.0 Å². The highest BCUT2D eigenvalue weighted by molar-refractivity contribution is 5.79. The third-order valence-corrected chi connectivity index (χ3v) is 2.46. The molecule has 3 nitrogen and oxygen atoms in total. The molecule has 1 heterocycles. The van der Waals surface area contributed by atoms with E-state index in [1.807, 2.05) is 6.92 Å². The number of nitrogens with zero attached hydrogens (tertiary/aromatic N) is 1. The van der Waals surface area contributed by atoms with Crippen molar-refractivity contribution in [2.24, 2.45) is 0 Å². The molecular formula is C14H12FNO2. The first kappa shape index (κ1) is 12.2. The summed E-state index contributed by atoms with van der Waals surface area (Å²) in [5, 5.41) is 0. The lowest BCUT2D eigenvalue weighted by Gasteiger charge is -2.07. The number of benzene rings is 1. The average molecular weight is 245 g/mol. The highest BCUT2D eigenvalue weighted by atomic mass is 19.1. The first-order valence-corrected chi connectivity index (χ1v) is 5.57. The molecule has 0 atom stereocenters. The van der Waals surface area contributed by atoms with Gasteiger partial charge in [-0.05, 0) is 31.2 Å². The molecule has 0 unspecified atom stereocenters. The maximum atomic E-state index is 13.7. The van der Waals surface area contributed by atoms with Crippen LogP contribution in [0.5, 0.6) is 5.75 Å². The summed E-state index contributed by atoms with van der Waals surface area (Å²) in [5.74, 6) is 0.182. The number of ether oxygens (including phenoxy) is 1. The van der Waals surface area contributed by atoms with Crippen LogP contribution in [0.25, 0.3) is 11.1 Å². The van der Waals surface area contributed by atoms with Crippen molar-refractivity contribution in [3.63, 3.8) is 0 Å². The third-order valence-electron chi connectivity index (χ3n) is 2.46. The van der Waals surface area contributed by atoms with Crippen LogP contribution in [0.4, 0.5) is 4.39 Å². The van der Waals surface area contributed by atoms with E-state index < -0.39 is 5.82 Å². The first-order chi connectivity index (χ1) is 8.74. The monoisotopic (exact) mass is 245 g/mol. The van der Waals surface area contributed by atoms with Crippen LogP contribution in [0.3, 0.4) is 0 Å². The number of carbonyl (C=O) groups excluding carboxylic acids is 1. The van der Waals surface area contributed by atoms with Gasteiger partial charge in [-0.1, -0.05) is 0 Å². The molecule has 0 aliphatic heterocycles. The fourth-order valence-electron chi connectivity index (χ4n) is 1.65. The number of halogens is 1. The SMILES string of the molecule is CCOc1cncc(-c2cc(C=O)ccc2F)c1. The molecule has 92 valence electrons. The highest BCUT2D eigenvalue weighted by Crippen LogP contribution is 2.25. The zero-order chi connectivity index (χ0) is 13.0. The van der Waals surface area contributed by atoms with Crippen molar-refractivity contribution in [2.75, 3.05) is 6.61 Å². The molecule has 0 radical (unpaired) electrons. The van der Waals surface area contributed by atoms with Crippen molar-refractivity contribution in [1.82, 2.24) is 4.98 Å². The average Bonchev–Trinajstić information content (AvgIpc) is 2.40. The van der Waals surface area contributed by atoms with Crippen molar-refractivity contribution >= 4 is 6.29 Å². The van der Waals surface area contributed by atoms with E-state index in [1.54, 1.807) is 12.3 Å². The molecule has 0 aliphatic carbocycles. The van der Waals surface area contributed by atoms with Gasteiger partial charge < -0.3 is 4.74 Å². The summed E-state index contributed by atoms with van der Waals surface area (Å²) in [4.78, 5) is 14.7. The van der Waals surface area contributed by atoms with E-state index in [2.05, 4.69) is 4.98 Å². The van der Waals surface area contributed by atoms with Gasteiger partial charge in [-0.25, -0.2) is 4.39 Å². The van der Waals surface area contributed by atoms with Crippen molar-refractivity contribution in [3.8, 4) is 16.9 Å². The third kappa shape index (κ3) is 2.53. The van der Waals surface area contributed by atoms with Gasteiger partial charge in [0.05, 0.1) is 12.8 Å². The lowest BCUT2D eigenvalue weighted by molar-refractivity contribution is 0.112. The van der Waals surface area contributed by atoms with Gasteiger partial charge in [-0.15, -0.1) is 0 Å². The minimum atomic E-state index is -0.393. The number of rotatable bonds is 4. The van der Waals surface area contributed by atoms with E-state index in [-0.39, 0.29) is 0 Å². The molecule has 4 heteroatoms. The van der Waals surface area contributed by atoms with Crippen molar-refractivity contribution < 1.29 is 13.9 Å². The van der Waals surface area contributed by atoms with Gasteiger partial charge >= 0.3 is 0 Å². The Hall–Kier alpha value is -2.23. The summed E-state index contributed by atoms with van der Waals surface area (Å²) in [7, 11) is 0. The Balaban J connectivity index is 2.47. The normalized spacial score (nSPS) is 10.1. The second kappa shape index (κ2) is 5.40. The van der Waals surface area contributed by atoms with Crippen LogP contribution in [-0.2, 0) is 0 Å². The molecule has 0 saturated heterocycles. The molecule has 0 N–H and O–H groups in total. The number of aldehydes is 1. The zero-order valence-corrected chi connectivity index (χ0v) is 9.89. The van der Waals surface area contributed by atoms with Gasteiger partial charge in [0.2, 0.25) is 0 Å². The predicted octanol–water partition coefficient (Wildman–Crippen LogP) is 3.10. The molecule has 0 fully saturated rings. The Labute approximate surface area is 104 Å². The molecule has 18 heavy (non-hydrogen) atoms. The fourth-order valence-corrected chi connectivity index (χ4v) is 1.65. The van der Waals surface area contributed by atoms with E-state index in [0.717, 1.165) is 0 Å². The van der Waals surface area contributed by atoms with Crippen molar-refractivity contribution in [2.45, 2.75) is 6.92 Å². The van der Waals surface area contributed by atoms with Gasteiger partial charge in [0.15, 0.2) is 0 Å². The smallest absolute Gasteiger partial charge is 0.150 e. The molecular weight excluding hydrogens is 233 g/mol. The molecule has 0 saturated carbocycles. The van der Waals surface area contributed by atoms with E-state index in [1.165, 1.54) is 24.4 Å². The maximum Gasteiger partial charge on any atom is 0.150 e. The van der Waals surface area contributed by atoms with Gasteiger partial charge in [-0.3, -0.25) is 9.78 Å². The number of aromatic nitrogens is 1. The number of hydrogen-bond acceptors (Lipinski definition) is 3. The van der Waals surface area contributed by atoms with Gasteiger partial charge in [0, 0.05) is 22.9 Å². The number of pyridine rings is 1. The summed E-state index contributed by atoms with van der Waals surface area (Å²) >= 11 is 0. The van der Waals surface area contributed by atoms with Crippen LogP contribution < -0.4 is 4.74 Å². The van der Waals surface area contributed by atoms with Crippen LogP contribution in [0.1, 0.15) is 17.3 Å². The minimum Gasteiger partial charge on any atom is -0.492 e. The minimum absolute atomic E-state index is 0.341. The van der Waals surface area contributed by atoms with Crippen LogP contribution in [0.2, 0.25) is 0 Å². The fraction of sp³-hybridized carbons (Fsp3) is 0.143. The van der Waals surface area contributed by atoms with Gasteiger partial charge in [0.1, 0.15) is 17.9 Å². The summed E-state index contributed by atoms with van der Waals surface area (Å²) in [6.45, 7) is 2.38. The molecule has 1 aromatic carbocycles. The van der Waals surface area contributed by atoms with E-state index >= 15 is 0 Å². The van der Waals surface area contributed by atoms with E-state index in [9.17, 15) is 9.18 Å². The topological polar surface area (TPSA) is 39.2 Å². The Bertz CT molecular complexity index is 569. The predicted molar refractivity (Wildman–Crippen MR) is 66.2 cm³/mol.